The number of aromatic nitrogens is 2. The maximum Gasteiger partial charge on any atom is 0.197 e. The summed E-state index contributed by atoms with van der Waals surface area (Å²) in [5.41, 5.74) is 1.47. The summed E-state index contributed by atoms with van der Waals surface area (Å²) >= 11 is 0. The van der Waals surface area contributed by atoms with Gasteiger partial charge >= 0.3 is 0 Å². The number of hydrogen-bond donors (Lipinski definition) is 0. The molecular weight excluding hydrogens is 204 g/mol. The van der Waals surface area contributed by atoms with Crippen LogP contribution in [0.25, 0.3) is 11.4 Å². The molecule has 0 aromatic carbocycles. The van der Waals surface area contributed by atoms with E-state index < -0.39 is 0 Å². The minimum Gasteiger partial charge on any atom is -0.451 e. The molecule has 0 bridgehead atoms. The summed E-state index contributed by atoms with van der Waals surface area (Å²) in [5, 5.41) is 0. The van der Waals surface area contributed by atoms with Crippen molar-refractivity contribution < 1.29 is 8.83 Å². The number of hydrogen-bond acceptors (Lipinski definition) is 4. The van der Waals surface area contributed by atoms with Crippen molar-refractivity contribution in [1.29, 1.82) is 0 Å². The first-order chi connectivity index (χ1) is 7.85. The van der Waals surface area contributed by atoms with Crippen LogP contribution in [0.1, 0.15) is 44.9 Å². The molecule has 16 heavy (non-hydrogen) atoms. The van der Waals surface area contributed by atoms with Crippen molar-refractivity contribution >= 4 is 0 Å². The Morgan fingerprint density at radius 3 is 2.75 bits per heavy atom. The maximum absolute atomic E-state index is 5.50. The minimum atomic E-state index is 0.408. The van der Waals surface area contributed by atoms with Gasteiger partial charge in [0.1, 0.15) is 23.9 Å². The molecule has 0 saturated carbocycles. The molecule has 0 aliphatic rings. The van der Waals surface area contributed by atoms with Crippen LogP contribution in [0.5, 0.6) is 0 Å². The normalized spacial score (nSPS) is 12.9. The van der Waals surface area contributed by atoms with E-state index in [0.29, 0.717) is 5.92 Å². The predicted molar refractivity (Wildman–Crippen MR) is 59.9 cm³/mol. The second kappa shape index (κ2) is 4.96. The first-order valence-corrected chi connectivity index (χ1v) is 5.69. The molecule has 1 unspecified atom stereocenters. The van der Waals surface area contributed by atoms with Gasteiger partial charge in [0.05, 0.1) is 0 Å². The van der Waals surface area contributed by atoms with Gasteiger partial charge < -0.3 is 8.83 Å². The number of oxazole rings is 2. The SMILES string of the molecule is CCCC(CC)c1nc(-c2cocn2)co1. The number of rotatable bonds is 5. The number of nitrogens with zero attached hydrogens (tertiary/aromatic N) is 2. The van der Waals surface area contributed by atoms with Gasteiger partial charge in [-0.3, -0.25) is 0 Å². The van der Waals surface area contributed by atoms with E-state index in [4.69, 9.17) is 8.83 Å². The molecule has 0 amide bonds. The van der Waals surface area contributed by atoms with Crippen LogP contribution in [-0.4, -0.2) is 9.97 Å². The van der Waals surface area contributed by atoms with Gasteiger partial charge in [0.25, 0.3) is 0 Å². The molecule has 0 radical (unpaired) electrons. The third kappa shape index (κ3) is 2.15. The Labute approximate surface area is 94.7 Å². The second-order valence-corrected chi connectivity index (χ2v) is 3.84. The molecule has 2 rings (SSSR count). The summed E-state index contributed by atoms with van der Waals surface area (Å²) in [6, 6.07) is 0. The zero-order valence-electron chi connectivity index (χ0n) is 9.64. The molecule has 2 aromatic rings. The smallest absolute Gasteiger partial charge is 0.197 e. The summed E-state index contributed by atoms with van der Waals surface area (Å²) in [7, 11) is 0. The maximum atomic E-state index is 5.50. The van der Waals surface area contributed by atoms with E-state index >= 15 is 0 Å². The first kappa shape index (κ1) is 10.9. The van der Waals surface area contributed by atoms with E-state index in [9.17, 15) is 0 Å². The Bertz CT molecular complexity index is 420. The Balaban J connectivity index is 2.18. The van der Waals surface area contributed by atoms with Gasteiger partial charge in [-0.15, -0.1) is 0 Å². The average Bonchev–Trinajstić information content (AvgIpc) is 2.95. The molecular formula is C12H16N2O2. The topological polar surface area (TPSA) is 52.1 Å². The van der Waals surface area contributed by atoms with Gasteiger partial charge in [-0.1, -0.05) is 20.3 Å². The van der Waals surface area contributed by atoms with Crippen molar-refractivity contribution in [2.75, 3.05) is 0 Å². The summed E-state index contributed by atoms with van der Waals surface area (Å²) in [6.45, 7) is 4.32. The van der Waals surface area contributed by atoms with E-state index in [0.717, 1.165) is 36.5 Å². The molecule has 0 fully saturated rings. The lowest BCUT2D eigenvalue weighted by Gasteiger charge is -2.07. The van der Waals surface area contributed by atoms with Gasteiger partial charge in [-0.05, 0) is 12.8 Å². The van der Waals surface area contributed by atoms with E-state index in [-0.39, 0.29) is 0 Å². The van der Waals surface area contributed by atoms with Crippen LogP contribution in [0.3, 0.4) is 0 Å². The van der Waals surface area contributed by atoms with Gasteiger partial charge in [-0.2, -0.15) is 0 Å². The lowest BCUT2D eigenvalue weighted by atomic mass is 10.0. The molecule has 2 aromatic heterocycles. The predicted octanol–water partition coefficient (Wildman–Crippen LogP) is 3.62. The highest BCUT2D eigenvalue weighted by Gasteiger charge is 2.16. The molecule has 0 saturated heterocycles. The standard InChI is InChI=1S/C12H16N2O2/c1-3-5-9(4-2)12-14-11(7-16-12)10-6-15-8-13-10/h6-9H,3-5H2,1-2H3. The van der Waals surface area contributed by atoms with Crippen LogP contribution in [0, 0.1) is 0 Å². The van der Waals surface area contributed by atoms with Crippen LogP contribution >= 0.6 is 0 Å². The fraction of sp³-hybridized carbons (Fsp3) is 0.500. The van der Waals surface area contributed by atoms with Crippen molar-refractivity contribution in [3.63, 3.8) is 0 Å². The molecule has 0 aliphatic heterocycles. The third-order valence-electron chi connectivity index (χ3n) is 2.70. The van der Waals surface area contributed by atoms with Crippen LogP contribution in [0.2, 0.25) is 0 Å². The van der Waals surface area contributed by atoms with Gasteiger partial charge in [0, 0.05) is 5.92 Å². The highest BCUT2D eigenvalue weighted by molar-refractivity contribution is 5.50. The van der Waals surface area contributed by atoms with E-state index in [1.807, 2.05) is 0 Å². The molecule has 86 valence electrons. The van der Waals surface area contributed by atoms with Crippen molar-refractivity contribution in [3.8, 4) is 11.4 Å². The van der Waals surface area contributed by atoms with Crippen LogP contribution in [0.4, 0.5) is 0 Å². The Hall–Kier alpha value is -1.58. The fourth-order valence-corrected chi connectivity index (χ4v) is 1.78. The summed E-state index contributed by atoms with van der Waals surface area (Å²) < 4.78 is 10.4. The molecule has 1 atom stereocenters. The quantitative estimate of drug-likeness (QED) is 0.772. The third-order valence-corrected chi connectivity index (χ3v) is 2.70. The highest BCUT2D eigenvalue weighted by atomic mass is 16.3. The molecule has 0 spiro atoms. The zero-order valence-corrected chi connectivity index (χ0v) is 9.64. The van der Waals surface area contributed by atoms with Crippen LogP contribution < -0.4 is 0 Å². The summed E-state index contributed by atoms with van der Waals surface area (Å²) in [6.07, 6.45) is 7.91. The zero-order chi connectivity index (χ0) is 11.4. The van der Waals surface area contributed by atoms with E-state index in [2.05, 4.69) is 23.8 Å². The Morgan fingerprint density at radius 1 is 1.25 bits per heavy atom. The van der Waals surface area contributed by atoms with Crippen molar-refractivity contribution in [3.05, 3.63) is 24.8 Å². The Morgan fingerprint density at radius 2 is 2.12 bits per heavy atom. The van der Waals surface area contributed by atoms with Crippen LogP contribution in [-0.2, 0) is 0 Å². The summed E-state index contributed by atoms with van der Waals surface area (Å²) in [4.78, 5) is 8.50. The van der Waals surface area contributed by atoms with Crippen LogP contribution in [0.15, 0.2) is 27.8 Å². The largest absolute Gasteiger partial charge is 0.451 e. The average molecular weight is 220 g/mol. The molecule has 4 nitrogen and oxygen atoms in total. The lowest BCUT2D eigenvalue weighted by molar-refractivity contribution is 0.421. The van der Waals surface area contributed by atoms with Crippen molar-refractivity contribution in [2.24, 2.45) is 0 Å². The molecule has 0 N–H and O–H groups in total. The van der Waals surface area contributed by atoms with Gasteiger partial charge in [0.2, 0.25) is 0 Å². The van der Waals surface area contributed by atoms with E-state index in [1.54, 1.807) is 12.5 Å². The summed E-state index contributed by atoms with van der Waals surface area (Å²) in [5.74, 6) is 1.22. The first-order valence-electron chi connectivity index (χ1n) is 5.69. The van der Waals surface area contributed by atoms with Gasteiger partial charge in [0.15, 0.2) is 12.3 Å². The van der Waals surface area contributed by atoms with Crippen molar-refractivity contribution in [1.82, 2.24) is 9.97 Å². The fourth-order valence-electron chi connectivity index (χ4n) is 1.78. The lowest BCUT2D eigenvalue weighted by Crippen LogP contribution is -1.97. The minimum absolute atomic E-state index is 0.408. The monoisotopic (exact) mass is 220 g/mol. The second-order valence-electron chi connectivity index (χ2n) is 3.84. The van der Waals surface area contributed by atoms with E-state index in [1.165, 1.54) is 6.39 Å². The molecule has 2 heterocycles. The highest BCUT2D eigenvalue weighted by Crippen LogP contribution is 2.26. The Kier molecular flexibility index (Phi) is 3.39. The molecule has 0 aliphatic carbocycles. The molecule has 4 heteroatoms. The van der Waals surface area contributed by atoms with Crippen molar-refractivity contribution in [2.45, 2.75) is 39.0 Å². The van der Waals surface area contributed by atoms with Gasteiger partial charge in [-0.25, -0.2) is 9.97 Å².